The average Bonchev–Trinajstić information content (AvgIpc) is 3.61. The summed E-state index contributed by atoms with van der Waals surface area (Å²) in [6, 6.07) is 16.4. The van der Waals surface area contributed by atoms with Crippen molar-refractivity contribution in [3.63, 3.8) is 0 Å². The molecular weight excluding hydrogens is 476 g/mol. The minimum Gasteiger partial charge on any atom is -0.348 e. The molecule has 0 saturated heterocycles. The van der Waals surface area contributed by atoms with Crippen molar-refractivity contribution in [2.75, 3.05) is 6.54 Å². The number of aliphatic imine (C=N–C) groups is 1. The van der Waals surface area contributed by atoms with Gasteiger partial charge in [-0.2, -0.15) is 4.68 Å². The van der Waals surface area contributed by atoms with E-state index in [0.717, 1.165) is 38.6 Å². The molecule has 7 nitrogen and oxygen atoms in total. The van der Waals surface area contributed by atoms with Crippen molar-refractivity contribution in [2.45, 2.75) is 37.3 Å². The van der Waals surface area contributed by atoms with Gasteiger partial charge in [0.25, 0.3) is 5.56 Å². The van der Waals surface area contributed by atoms with Crippen LogP contribution >= 0.6 is 23.1 Å². The summed E-state index contributed by atoms with van der Waals surface area (Å²) in [7, 11) is 0. The molecule has 3 aromatic heterocycles. The van der Waals surface area contributed by atoms with Gasteiger partial charge < -0.3 is 4.98 Å². The largest absolute Gasteiger partial charge is 0.348 e. The zero-order valence-electron chi connectivity index (χ0n) is 19.6. The number of fused-ring (bicyclic) bond motifs is 1. The molecule has 0 aliphatic carbocycles. The van der Waals surface area contributed by atoms with Crippen LogP contribution in [-0.4, -0.2) is 37.0 Å². The van der Waals surface area contributed by atoms with E-state index in [1.165, 1.54) is 16.9 Å². The highest BCUT2D eigenvalue weighted by Crippen LogP contribution is 2.27. The molecule has 2 aromatic carbocycles. The monoisotopic (exact) mass is 502 g/mol. The first-order valence-electron chi connectivity index (χ1n) is 11.5. The highest BCUT2D eigenvalue weighted by atomic mass is 32.2. The fourth-order valence-corrected chi connectivity index (χ4v) is 5.64. The van der Waals surface area contributed by atoms with Gasteiger partial charge in [0.1, 0.15) is 0 Å². The quantitative estimate of drug-likeness (QED) is 0.204. The van der Waals surface area contributed by atoms with Crippen molar-refractivity contribution < 1.29 is 0 Å². The fourth-order valence-electron chi connectivity index (χ4n) is 3.87. The summed E-state index contributed by atoms with van der Waals surface area (Å²) in [4.78, 5) is 31.6. The van der Waals surface area contributed by atoms with Gasteiger partial charge in [0.15, 0.2) is 0 Å². The Morgan fingerprint density at radius 1 is 1.17 bits per heavy atom. The molecule has 0 radical (unpaired) electrons. The molecular formula is C26H26N6OS2. The zero-order chi connectivity index (χ0) is 24.2. The lowest BCUT2D eigenvalue weighted by atomic mass is 10.1. The molecule has 0 saturated carbocycles. The van der Waals surface area contributed by atoms with Crippen LogP contribution in [0.25, 0.3) is 15.3 Å². The normalized spacial score (nSPS) is 12.0. The van der Waals surface area contributed by atoms with Crippen molar-refractivity contribution in [1.82, 2.24) is 24.7 Å². The van der Waals surface area contributed by atoms with Crippen molar-refractivity contribution in [3.8, 4) is 5.13 Å². The minimum absolute atomic E-state index is 0.106. The maximum absolute atomic E-state index is 13.7. The topological polar surface area (TPSA) is 91.7 Å². The Morgan fingerprint density at radius 2 is 2.00 bits per heavy atom. The summed E-state index contributed by atoms with van der Waals surface area (Å²) < 4.78 is 2.62. The number of thioether (sulfide) groups is 1. The third-order valence-electron chi connectivity index (χ3n) is 5.71. The molecule has 5 rings (SSSR count). The van der Waals surface area contributed by atoms with Gasteiger partial charge in [0.2, 0.25) is 5.13 Å². The highest BCUT2D eigenvalue weighted by Gasteiger charge is 2.21. The second-order valence-electron chi connectivity index (χ2n) is 8.18. The second-order valence-corrected chi connectivity index (χ2v) is 10.2. The lowest BCUT2D eigenvalue weighted by Crippen LogP contribution is -2.21. The van der Waals surface area contributed by atoms with Crippen LogP contribution < -0.4 is 5.56 Å². The van der Waals surface area contributed by atoms with Crippen molar-refractivity contribution in [2.24, 2.45) is 4.99 Å². The lowest BCUT2D eigenvalue weighted by molar-refractivity contribution is 0.827. The molecule has 178 valence electrons. The van der Waals surface area contributed by atoms with E-state index in [1.807, 2.05) is 31.2 Å². The number of benzene rings is 2. The molecule has 0 amide bonds. The number of hydrogen-bond donors (Lipinski definition) is 2. The van der Waals surface area contributed by atoms with E-state index >= 15 is 0 Å². The Balaban J connectivity index is 1.51. The number of aryl methyl sites for hydroxylation is 1. The van der Waals surface area contributed by atoms with Gasteiger partial charge in [-0.1, -0.05) is 48.1 Å². The first-order valence-corrected chi connectivity index (χ1v) is 13.3. The van der Waals surface area contributed by atoms with Crippen LogP contribution in [0, 0.1) is 6.92 Å². The second kappa shape index (κ2) is 10.5. The molecule has 5 aromatic rings. The number of hydrogen-bond acceptors (Lipinski definition) is 6. The Hall–Kier alpha value is -3.43. The maximum Gasteiger partial charge on any atom is 0.282 e. The third kappa shape index (κ3) is 5.16. The summed E-state index contributed by atoms with van der Waals surface area (Å²) in [5.74, 6) is 0.630. The van der Waals surface area contributed by atoms with Crippen LogP contribution in [0.4, 0.5) is 0 Å². The summed E-state index contributed by atoms with van der Waals surface area (Å²) >= 11 is 3.20. The number of rotatable bonds is 9. The van der Waals surface area contributed by atoms with E-state index < -0.39 is 0 Å². The van der Waals surface area contributed by atoms with Gasteiger partial charge in [0, 0.05) is 41.2 Å². The number of imidazole rings is 1. The van der Waals surface area contributed by atoms with Crippen molar-refractivity contribution in [1.29, 1.82) is 0 Å². The SMILES string of the molecule is CCC(=NCCc1cnc[nH]1)c1c(CSc2ccc(C)cc2)[nH]n(-c2nc3ccccc3s2)c1=O. The van der Waals surface area contributed by atoms with Crippen molar-refractivity contribution in [3.05, 3.63) is 93.9 Å². The fraction of sp³-hybridized carbons (Fsp3) is 0.231. The number of aromatic nitrogens is 5. The summed E-state index contributed by atoms with van der Waals surface area (Å²) in [5.41, 5.74) is 5.35. The summed E-state index contributed by atoms with van der Waals surface area (Å²) in [5, 5.41) is 4.00. The molecule has 0 aliphatic rings. The molecule has 0 atom stereocenters. The number of aromatic amines is 2. The van der Waals surface area contributed by atoms with E-state index in [1.54, 1.807) is 29.0 Å². The predicted octanol–water partition coefficient (Wildman–Crippen LogP) is 5.54. The maximum atomic E-state index is 13.7. The molecule has 3 heterocycles. The number of nitrogens with one attached hydrogen (secondary N) is 2. The van der Waals surface area contributed by atoms with Crippen LogP contribution in [0.15, 0.2) is 75.7 Å². The molecule has 2 N–H and O–H groups in total. The lowest BCUT2D eigenvalue weighted by Gasteiger charge is -2.06. The van der Waals surface area contributed by atoms with Crippen LogP contribution in [-0.2, 0) is 12.2 Å². The van der Waals surface area contributed by atoms with E-state index in [4.69, 9.17) is 9.98 Å². The molecule has 0 bridgehead atoms. The smallest absolute Gasteiger partial charge is 0.282 e. The third-order valence-corrected chi connectivity index (χ3v) is 7.77. The molecule has 35 heavy (non-hydrogen) atoms. The van der Waals surface area contributed by atoms with Gasteiger partial charge in [0.05, 0.1) is 27.8 Å². The summed E-state index contributed by atoms with van der Waals surface area (Å²) in [6.45, 7) is 4.71. The number of para-hydroxylation sites is 1. The number of thiazole rings is 1. The van der Waals surface area contributed by atoms with E-state index in [-0.39, 0.29) is 5.56 Å². The Morgan fingerprint density at radius 3 is 2.74 bits per heavy atom. The van der Waals surface area contributed by atoms with Crippen LogP contribution in [0.5, 0.6) is 0 Å². The van der Waals surface area contributed by atoms with E-state index in [9.17, 15) is 4.79 Å². The molecule has 0 spiro atoms. The predicted molar refractivity (Wildman–Crippen MR) is 144 cm³/mol. The van der Waals surface area contributed by atoms with Gasteiger partial charge >= 0.3 is 0 Å². The van der Waals surface area contributed by atoms with E-state index in [2.05, 4.69) is 46.3 Å². The molecule has 0 fully saturated rings. The minimum atomic E-state index is -0.106. The Labute approximate surface area is 211 Å². The first-order chi connectivity index (χ1) is 17.1. The number of H-pyrrole nitrogens is 2. The van der Waals surface area contributed by atoms with Crippen LogP contribution in [0.3, 0.4) is 0 Å². The van der Waals surface area contributed by atoms with Gasteiger partial charge in [-0.3, -0.25) is 14.9 Å². The average molecular weight is 503 g/mol. The van der Waals surface area contributed by atoms with E-state index in [0.29, 0.717) is 29.4 Å². The van der Waals surface area contributed by atoms with Gasteiger partial charge in [-0.15, -0.1) is 11.8 Å². The van der Waals surface area contributed by atoms with Gasteiger partial charge in [-0.25, -0.2) is 9.97 Å². The van der Waals surface area contributed by atoms with Gasteiger partial charge in [-0.05, 0) is 37.6 Å². The first kappa shape index (κ1) is 23.3. The molecule has 0 aliphatic heterocycles. The standard InChI is InChI=1S/C26H26N6OS2/c1-3-20(28-13-12-18-14-27-16-29-18)24-22(15-34-19-10-8-17(2)9-11-19)31-32(25(24)33)26-30-21-6-4-5-7-23(21)35-26/h4-11,14,16,31H,3,12-13,15H2,1-2H3,(H,27,29). The molecule has 9 heteroatoms. The van der Waals surface area contributed by atoms with Crippen molar-refractivity contribution >= 4 is 39.0 Å². The number of nitrogens with zero attached hydrogens (tertiary/aromatic N) is 4. The Kier molecular flexibility index (Phi) is 6.96. The van der Waals surface area contributed by atoms with Crippen LogP contribution in [0.2, 0.25) is 0 Å². The summed E-state index contributed by atoms with van der Waals surface area (Å²) in [6.07, 6.45) is 4.88. The highest BCUT2D eigenvalue weighted by molar-refractivity contribution is 7.98. The molecule has 0 unspecified atom stereocenters. The van der Waals surface area contributed by atoms with Crippen LogP contribution in [0.1, 0.15) is 35.9 Å². The Bertz CT molecular complexity index is 1480. The zero-order valence-corrected chi connectivity index (χ0v) is 21.2.